The second kappa shape index (κ2) is 8.43. The van der Waals surface area contributed by atoms with Gasteiger partial charge in [0.15, 0.2) is 11.0 Å². The van der Waals surface area contributed by atoms with Crippen molar-refractivity contribution in [3.05, 3.63) is 48.7 Å². The number of ether oxygens (including phenoxy) is 1. The van der Waals surface area contributed by atoms with Crippen molar-refractivity contribution in [3.63, 3.8) is 0 Å². The monoisotopic (exact) mass is 395 g/mol. The second-order valence-corrected chi connectivity index (χ2v) is 7.38. The molecular formula is C20H21N5O2S. The molecule has 0 unspecified atom stereocenters. The Morgan fingerprint density at radius 2 is 2.00 bits per heavy atom. The van der Waals surface area contributed by atoms with Crippen molar-refractivity contribution in [1.82, 2.24) is 24.6 Å². The number of thioether (sulfide) groups is 1. The van der Waals surface area contributed by atoms with Gasteiger partial charge in [0.1, 0.15) is 11.4 Å². The van der Waals surface area contributed by atoms with Crippen LogP contribution in [0.25, 0.3) is 17.2 Å². The van der Waals surface area contributed by atoms with Crippen LogP contribution >= 0.6 is 11.8 Å². The van der Waals surface area contributed by atoms with Gasteiger partial charge in [0.2, 0.25) is 5.91 Å². The van der Waals surface area contributed by atoms with Gasteiger partial charge in [0.05, 0.1) is 18.6 Å². The van der Waals surface area contributed by atoms with Gasteiger partial charge < -0.3 is 9.64 Å². The molecule has 7 nitrogen and oxygen atoms in total. The molecule has 1 fully saturated rings. The zero-order valence-electron chi connectivity index (χ0n) is 15.6. The van der Waals surface area contributed by atoms with E-state index in [1.165, 1.54) is 11.8 Å². The second-order valence-electron chi connectivity index (χ2n) is 6.43. The standard InChI is InChI=1S/C20H21N5O2S/c1-27-16-8-6-7-15(13-16)25-19(17-9-2-3-10-21-17)22-23-20(25)28-14-18(26)24-11-4-5-12-24/h2-3,6-10,13H,4-5,11-12,14H2,1H3. The van der Waals surface area contributed by atoms with Crippen molar-refractivity contribution < 1.29 is 9.53 Å². The predicted molar refractivity (Wildman–Crippen MR) is 108 cm³/mol. The van der Waals surface area contributed by atoms with Crippen LogP contribution in [0.1, 0.15) is 12.8 Å². The topological polar surface area (TPSA) is 73.1 Å². The molecule has 0 aliphatic carbocycles. The maximum absolute atomic E-state index is 12.5. The lowest BCUT2D eigenvalue weighted by molar-refractivity contribution is -0.127. The first-order valence-electron chi connectivity index (χ1n) is 9.18. The fraction of sp³-hybridized carbons (Fsp3) is 0.300. The average Bonchev–Trinajstić information content (AvgIpc) is 3.43. The summed E-state index contributed by atoms with van der Waals surface area (Å²) in [5.41, 5.74) is 1.58. The lowest BCUT2D eigenvalue weighted by Gasteiger charge is -2.15. The summed E-state index contributed by atoms with van der Waals surface area (Å²) in [5, 5.41) is 9.36. The summed E-state index contributed by atoms with van der Waals surface area (Å²) < 4.78 is 7.29. The minimum atomic E-state index is 0.141. The zero-order chi connectivity index (χ0) is 19.3. The molecule has 0 N–H and O–H groups in total. The maximum Gasteiger partial charge on any atom is 0.233 e. The van der Waals surface area contributed by atoms with E-state index in [9.17, 15) is 4.79 Å². The minimum Gasteiger partial charge on any atom is -0.497 e. The van der Waals surface area contributed by atoms with Crippen molar-refractivity contribution in [3.8, 4) is 23.0 Å². The Morgan fingerprint density at radius 3 is 2.75 bits per heavy atom. The SMILES string of the molecule is COc1cccc(-n2c(SCC(=O)N3CCCC3)nnc2-c2ccccn2)c1. The number of methoxy groups -OCH3 is 1. The highest BCUT2D eigenvalue weighted by molar-refractivity contribution is 7.99. The Balaban J connectivity index is 1.67. The lowest BCUT2D eigenvalue weighted by atomic mass is 10.2. The number of carbonyl (C=O) groups is 1. The van der Waals surface area contributed by atoms with Crippen LogP contribution in [-0.2, 0) is 4.79 Å². The Labute approximate surface area is 167 Å². The quantitative estimate of drug-likeness (QED) is 0.598. The van der Waals surface area contributed by atoms with E-state index < -0.39 is 0 Å². The number of benzene rings is 1. The summed E-state index contributed by atoms with van der Waals surface area (Å²) in [4.78, 5) is 18.8. The van der Waals surface area contributed by atoms with Crippen LogP contribution in [0, 0.1) is 0 Å². The first kappa shape index (κ1) is 18.5. The highest BCUT2D eigenvalue weighted by Crippen LogP contribution is 2.29. The average molecular weight is 395 g/mol. The van der Waals surface area contributed by atoms with E-state index in [1.807, 2.05) is 51.9 Å². The Bertz CT molecular complexity index is 954. The van der Waals surface area contributed by atoms with Gasteiger partial charge in [-0.3, -0.25) is 14.3 Å². The summed E-state index contributed by atoms with van der Waals surface area (Å²) in [5.74, 6) is 1.85. The molecule has 1 amide bonds. The molecule has 1 aliphatic heterocycles. The first-order valence-corrected chi connectivity index (χ1v) is 10.2. The van der Waals surface area contributed by atoms with E-state index in [-0.39, 0.29) is 5.91 Å². The molecule has 0 atom stereocenters. The van der Waals surface area contributed by atoms with E-state index in [2.05, 4.69) is 15.2 Å². The van der Waals surface area contributed by atoms with Gasteiger partial charge in [-0.15, -0.1) is 10.2 Å². The maximum atomic E-state index is 12.5. The van der Waals surface area contributed by atoms with Crippen LogP contribution in [0.15, 0.2) is 53.8 Å². The molecular weight excluding hydrogens is 374 g/mol. The molecule has 3 aromatic rings. The summed E-state index contributed by atoms with van der Waals surface area (Å²) in [6.45, 7) is 1.70. The number of pyridine rings is 1. The van der Waals surface area contributed by atoms with Crippen molar-refractivity contribution in [2.24, 2.45) is 0 Å². The molecule has 1 saturated heterocycles. The Morgan fingerprint density at radius 1 is 1.14 bits per heavy atom. The fourth-order valence-electron chi connectivity index (χ4n) is 3.19. The predicted octanol–water partition coefficient (Wildman–Crippen LogP) is 3.05. The number of rotatable bonds is 6. The molecule has 0 bridgehead atoms. The molecule has 0 saturated carbocycles. The highest BCUT2D eigenvalue weighted by Gasteiger charge is 2.21. The molecule has 2 aromatic heterocycles. The van der Waals surface area contributed by atoms with Crippen LogP contribution in [0.5, 0.6) is 5.75 Å². The summed E-state index contributed by atoms with van der Waals surface area (Å²) in [7, 11) is 1.63. The van der Waals surface area contributed by atoms with Gasteiger partial charge in [0, 0.05) is 25.4 Å². The number of nitrogens with zero attached hydrogens (tertiary/aromatic N) is 5. The molecule has 1 aliphatic rings. The number of hydrogen-bond donors (Lipinski definition) is 0. The van der Waals surface area contributed by atoms with Crippen molar-refractivity contribution in [1.29, 1.82) is 0 Å². The highest BCUT2D eigenvalue weighted by atomic mass is 32.2. The number of likely N-dealkylation sites (tertiary alicyclic amines) is 1. The number of aromatic nitrogens is 4. The first-order chi connectivity index (χ1) is 13.8. The van der Waals surface area contributed by atoms with E-state index >= 15 is 0 Å². The third kappa shape index (κ3) is 3.87. The van der Waals surface area contributed by atoms with Crippen LogP contribution in [0.2, 0.25) is 0 Å². The molecule has 144 valence electrons. The van der Waals surface area contributed by atoms with Crippen molar-refractivity contribution >= 4 is 17.7 Å². The fourth-order valence-corrected chi connectivity index (χ4v) is 4.05. The molecule has 1 aromatic carbocycles. The van der Waals surface area contributed by atoms with E-state index in [0.29, 0.717) is 16.7 Å². The number of hydrogen-bond acceptors (Lipinski definition) is 6. The summed E-state index contributed by atoms with van der Waals surface area (Å²) >= 11 is 1.40. The lowest BCUT2D eigenvalue weighted by Crippen LogP contribution is -2.29. The van der Waals surface area contributed by atoms with Crippen LogP contribution in [-0.4, -0.2) is 56.5 Å². The molecule has 28 heavy (non-hydrogen) atoms. The van der Waals surface area contributed by atoms with E-state index in [1.54, 1.807) is 13.3 Å². The van der Waals surface area contributed by atoms with Gasteiger partial charge in [-0.2, -0.15) is 0 Å². The summed E-state index contributed by atoms with van der Waals surface area (Å²) in [6, 6.07) is 13.4. The third-order valence-electron chi connectivity index (χ3n) is 4.62. The molecule has 4 rings (SSSR count). The van der Waals surface area contributed by atoms with Crippen LogP contribution in [0.4, 0.5) is 0 Å². The Hall–Kier alpha value is -2.87. The van der Waals surface area contributed by atoms with E-state index in [4.69, 9.17) is 4.74 Å². The van der Waals surface area contributed by atoms with Gasteiger partial charge in [-0.05, 0) is 37.1 Å². The number of carbonyl (C=O) groups excluding carboxylic acids is 1. The molecule has 3 heterocycles. The zero-order valence-corrected chi connectivity index (χ0v) is 16.4. The largest absolute Gasteiger partial charge is 0.497 e. The van der Waals surface area contributed by atoms with E-state index in [0.717, 1.165) is 43.1 Å². The van der Waals surface area contributed by atoms with Crippen LogP contribution in [0.3, 0.4) is 0 Å². The molecule has 8 heteroatoms. The molecule has 0 spiro atoms. The normalized spacial score (nSPS) is 13.7. The van der Waals surface area contributed by atoms with Gasteiger partial charge >= 0.3 is 0 Å². The van der Waals surface area contributed by atoms with Crippen LogP contribution < -0.4 is 4.74 Å². The molecule has 0 radical (unpaired) electrons. The Kier molecular flexibility index (Phi) is 5.57. The smallest absolute Gasteiger partial charge is 0.233 e. The summed E-state index contributed by atoms with van der Waals surface area (Å²) in [6.07, 6.45) is 3.89. The van der Waals surface area contributed by atoms with Gasteiger partial charge in [-0.1, -0.05) is 23.9 Å². The van der Waals surface area contributed by atoms with Crippen molar-refractivity contribution in [2.75, 3.05) is 26.0 Å². The third-order valence-corrected chi connectivity index (χ3v) is 5.54. The van der Waals surface area contributed by atoms with Gasteiger partial charge in [0.25, 0.3) is 0 Å². The minimum absolute atomic E-state index is 0.141. The number of amides is 1. The van der Waals surface area contributed by atoms with Crippen molar-refractivity contribution in [2.45, 2.75) is 18.0 Å². The van der Waals surface area contributed by atoms with Gasteiger partial charge in [-0.25, -0.2) is 0 Å².